The highest BCUT2D eigenvalue weighted by Crippen LogP contribution is 2.46. The highest BCUT2D eigenvalue weighted by atomic mass is 32.1. The predicted octanol–water partition coefficient (Wildman–Crippen LogP) is 4.34. The van der Waals surface area contributed by atoms with E-state index in [1.807, 2.05) is 42.5 Å². The molecule has 2 bridgehead atoms. The van der Waals surface area contributed by atoms with Crippen molar-refractivity contribution in [2.24, 2.45) is 23.7 Å². The molecule has 4 aliphatic carbocycles. The third-order valence-electron chi connectivity index (χ3n) is 6.75. The van der Waals surface area contributed by atoms with Crippen molar-refractivity contribution in [1.82, 2.24) is 0 Å². The molecule has 1 aromatic heterocycles. The number of fused-ring (bicyclic) bond motifs is 3. The number of anilines is 2. The maximum absolute atomic E-state index is 13.3. The zero-order chi connectivity index (χ0) is 21.5. The van der Waals surface area contributed by atoms with Gasteiger partial charge < -0.3 is 15.7 Å². The van der Waals surface area contributed by atoms with Gasteiger partial charge in [-0.15, -0.1) is 11.3 Å². The molecular formula is C24H24N2O4S. The summed E-state index contributed by atoms with van der Waals surface area (Å²) < 4.78 is 0. The van der Waals surface area contributed by atoms with Crippen LogP contribution in [0.15, 0.2) is 42.5 Å². The average molecular weight is 437 g/mol. The minimum Gasteiger partial charge on any atom is -0.481 e. The van der Waals surface area contributed by atoms with E-state index in [9.17, 15) is 19.5 Å². The van der Waals surface area contributed by atoms with Gasteiger partial charge in [0, 0.05) is 10.6 Å². The number of carboxylic acid groups (broad SMARTS) is 1. The van der Waals surface area contributed by atoms with Crippen molar-refractivity contribution >= 4 is 39.8 Å². The Morgan fingerprint density at radius 3 is 2.32 bits per heavy atom. The number of rotatable bonds is 5. The molecule has 1 saturated carbocycles. The van der Waals surface area contributed by atoms with E-state index in [2.05, 4.69) is 10.6 Å². The minimum absolute atomic E-state index is 0.0699. The second-order valence-electron chi connectivity index (χ2n) is 8.55. The Morgan fingerprint density at radius 1 is 0.935 bits per heavy atom. The quantitative estimate of drug-likeness (QED) is 0.608. The summed E-state index contributed by atoms with van der Waals surface area (Å²) in [6, 6.07) is 9.24. The molecule has 2 amide bonds. The van der Waals surface area contributed by atoms with E-state index in [1.54, 1.807) is 0 Å². The predicted molar refractivity (Wildman–Crippen MR) is 119 cm³/mol. The number of para-hydroxylation sites is 1. The van der Waals surface area contributed by atoms with Crippen LogP contribution in [0.5, 0.6) is 0 Å². The van der Waals surface area contributed by atoms with Gasteiger partial charge in [0.25, 0.3) is 5.91 Å². The van der Waals surface area contributed by atoms with Gasteiger partial charge >= 0.3 is 5.97 Å². The molecule has 4 atom stereocenters. The lowest BCUT2D eigenvalue weighted by Crippen LogP contribution is -2.47. The summed E-state index contributed by atoms with van der Waals surface area (Å²) in [6.45, 7) is 0. The van der Waals surface area contributed by atoms with Crippen molar-refractivity contribution in [2.75, 3.05) is 10.6 Å². The molecule has 7 heteroatoms. The number of aryl methyl sites for hydroxylation is 1. The Hall–Kier alpha value is -2.93. The van der Waals surface area contributed by atoms with E-state index in [1.165, 1.54) is 11.3 Å². The van der Waals surface area contributed by atoms with Gasteiger partial charge in [0.15, 0.2) is 0 Å². The number of thiophene rings is 1. The number of hydrogen-bond acceptors (Lipinski definition) is 4. The van der Waals surface area contributed by atoms with E-state index in [0.29, 0.717) is 16.3 Å². The molecule has 3 N–H and O–H groups in total. The first-order valence-electron chi connectivity index (χ1n) is 10.8. The van der Waals surface area contributed by atoms with Gasteiger partial charge in [-0.3, -0.25) is 14.4 Å². The SMILES string of the molecule is O=C(Nc1ccccc1)c1c(NC(=O)C2C3C=CC(CC3)C2C(=O)O)sc2c1CCC2. The molecular weight excluding hydrogens is 412 g/mol. The van der Waals surface area contributed by atoms with E-state index < -0.39 is 17.8 Å². The van der Waals surface area contributed by atoms with E-state index >= 15 is 0 Å². The molecule has 6 rings (SSSR count). The Morgan fingerprint density at radius 2 is 1.65 bits per heavy atom. The highest BCUT2D eigenvalue weighted by Gasteiger charge is 2.48. The third kappa shape index (κ3) is 3.57. The molecule has 2 aromatic rings. The number of amides is 2. The average Bonchev–Trinajstić information content (AvgIpc) is 3.35. The van der Waals surface area contributed by atoms with Crippen molar-refractivity contribution in [3.8, 4) is 0 Å². The Labute approximate surface area is 184 Å². The number of carboxylic acids is 1. The lowest BCUT2D eigenvalue weighted by molar-refractivity contribution is -0.151. The lowest BCUT2D eigenvalue weighted by atomic mass is 9.62. The number of carbonyl (C=O) groups excluding carboxylic acids is 2. The molecule has 160 valence electrons. The van der Waals surface area contributed by atoms with Gasteiger partial charge in [-0.25, -0.2) is 0 Å². The van der Waals surface area contributed by atoms with Gasteiger partial charge in [0.1, 0.15) is 5.00 Å². The first kappa shape index (κ1) is 20.0. The van der Waals surface area contributed by atoms with Crippen LogP contribution in [0.1, 0.15) is 40.1 Å². The van der Waals surface area contributed by atoms with Gasteiger partial charge in [-0.2, -0.15) is 0 Å². The summed E-state index contributed by atoms with van der Waals surface area (Å²) in [5, 5.41) is 16.2. The summed E-state index contributed by atoms with van der Waals surface area (Å²) in [4.78, 5) is 39.5. The van der Waals surface area contributed by atoms with Crippen molar-refractivity contribution in [3.63, 3.8) is 0 Å². The Balaban J connectivity index is 1.43. The van der Waals surface area contributed by atoms with Crippen LogP contribution in [0.4, 0.5) is 10.7 Å². The van der Waals surface area contributed by atoms with Crippen molar-refractivity contribution in [2.45, 2.75) is 32.1 Å². The third-order valence-corrected chi connectivity index (χ3v) is 7.96. The maximum Gasteiger partial charge on any atom is 0.307 e. The Kier molecular flexibility index (Phi) is 5.14. The molecule has 1 aromatic carbocycles. The summed E-state index contributed by atoms with van der Waals surface area (Å²) in [5.74, 6) is -2.94. The molecule has 1 fully saturated rings. The van der Waals surface area contributed by atoms with Crippen LogP contribution in [-0.2, 0) is 22.4 Å². The summed E-state index contributed by atoms with van der Waals surface area (Å²) in [5.41, 5.74) is 2.23. The fraction of sp³-hybridized carbons (Fsp3) is 0.375. The summed E-state index contributed by atoms with van der Waals surface area (Å²) >= 11 is 1.45. The van der Waals surface area contributed by atoms with Crippen LogP contribution < -0.4 is 10.6 Å². The number of allylic oxidation sites excluding steroid dienone is 2. The first-order chi connectivity index (χ1) is 15.0. The fourth-order valence-electron chi connectivity index (χ4n) is 5.33. The van der Waals surface area contributed by atoms with Crippen LogP contribution >= 0.6 is 11.3 Å². The van der Waals surface area contributed by atoms with Gasteiger partial charge in [0.2, 0.25) is 5.91 Å². The summed E-state index contributed by atoms with van der Waals surface area (Å²) in [6.07, 6.45) is 8.29. The molecule has 31 heavy (non-hydrogen) atoms. The second-order valence-corrected chi connectivity index (χ2v) is 9.66. The molecule has 1 heterocycles. The zero-order valence-electron chi connectivity index (χ0n) is 17.0. The molecule has 0 aliphatic heterocycles. The van der Waals surface area contributed by atoms with Crippen molar-refractivity contribution < 1.29 is 19.5 Å². The van der Waals surface area contributed by atoms with Crippen LogP contribution in [-0.4, -0.2) is 22.9 Å². The molecule has 0 radical (unpaired) electrons. The second kappa shape index (κ2) is 7.96. The molecule has 6 nitrogen and oxygen atoms in total. The molecule has 4 aliphatic rings. The van der Waals surface area contributed by atoms with Crippen molar-refractivity contribution in [3.05, 3.63) is 58.5 Å². The number of carbonyl (C=O) groups is 3. The smallest absolute Gasteiger partial charge is 0.307 e. The van der Waals surface area contributed by atoms with Crippen molar-refractivity contribution in [1.29, 1.82) is 0 Å². The first-order valence-corrected chi connectivity index (χ1v) is 11.6. The van der Waals surface area contributed by atoms with Gasteiger partial charge in [-0.1, -0.05) is 30.4 Å². The molecule has 0 spiro atoms. The fourth-order valence-corrected chi connectivity index (χ4v) is 6.62. The topological polar surface area (TPSA) is 95.5 Å². The van der Waals surface area contributed by atoms with Crippen LogP contribution in [0.2, 0.25) is 0 Å². The van der Waals surface area contributed by atoms with Crippen LogP contribution in [0.25, 0.3) is 0 Å². The zero-order valence-corrected chi connectivity index (χ0v) is 17.8. The normalized spacial score (nSPS) is 25.8. The lowest BCUT2D eigenvalue weighted by Gasteiger charge is -2.41. The maximum atomic E-state index is 13.3. The van der Waals surface area contributed by atoms with Gasteiger partial charge in [0.05, 0.1) is 17.4 Å². The monoisotopic (exact) mass is 436 g/mol. The van der Waals surface area contributed by atoms with E-state index in [-0.39, 0.29) is 23.7 Å². The van der Waals surface area contributed by atoms with E-state index in [0.717, 1.165) is 42.5 Å². The number of benzene rings is 1. The van der Waals surface area contributed by atoms with E-state index in [4.69, 9.17) is 0 Å². The minimum atomic E-state index is -0.921. The summed E-state index contributed by atoms with van der Waals surface area (Å²) in [7, 11) is 0. The number of aliphatic carboxylic acids is 1. The number of hydrogen-bond donors (Lipinski definition) is 3. The highest BCUT2D eigenvalue weighted by molar-refractivity contribution is 7.17. The van der Waals surface area contributed by atoms with Crippen LogP contribution in [0, 0.1) is 23.7 Å². The Bertz CT molecular complexity index is 1070. The molecule has 4 unspecified atom stereocenters. The number of nitrogens with one attached hydrogen (secondary N) is 2. The van der Waals surface area contributed by atoms with Crippen LogP contribution in [0.3, 0.4) is 0 Å². The molecule has 0 saturated heterocycles. The van der Waals surface area contributed by atoms with Gasteiger partial charge in [-0.05, 0) is 61.6 Å². The standard InChI is InChI=1S/C24H24N2O4S/c27-21(18-13-9-11-14(12-10-13)19(18)24(29)30)26-23-20(16-7-4-8-17(16)31-23)22(28)25-15-5-2-1-3-6-15/h1-3,5-6,9,11,13-14,18-19H,4,7-8,10,12H2,(H,25,28)(H,26,27)(H,29,30). The largest absolute Gasteiger partial charge is 0.481 e.